The average molecular weight is 696 g/mol. The van der Waals surface area contributed by atoms with Crippen LogP contribution >= 0.6 is 11.3 Å². The van der Waals surface area contributed by atoms with Crippen molar-refractivity contribution in [2.24, 2.45) is 0 Å². The number of aromatic nitrogens is 3. The van der Waals surface area contributed by atoms with Crippen LogP contribution in [0.5, 0.6) is 16.7 Å². The smallest absolute Gasteiger partial charge is 0.445 e. The van der Waals surface area contributed by atoms with Gasteiger partial charge in [-0.1, -0.05) is 48.4 Å². The van der Waals surface area contributed by atoms with Gasteiger partial charge < -0.3 is 23.6 Å². The number of hydrogen-bond donors (Lipinski definition) is 1. The van der Waals surface area contributed by atoms with Crippen molar-refractivity contribution in [3.8, 4) is 16.7 Å². The van der Waals surface area contributed by atoms with Crippen LogP contribution < -0.4 is 24.4 Å². The van der Waals surface area contributed by atoms with Crippen LogP contribution in [0.3, 0.4) is 0 Å². The molecule has 260 valence electrons. The molecule has 16 heteroatoms. The maximum Gasteiger partial charge on any atom is 0.445 e. The first-order valence-corrected chi connectivity index (χ1v) is 15.6. The van der Waals surface area contributed by atoms with Gasteiger partial charge in [0.25, 0.3) is 17.0 Å². The molecule has 2 heterocycles. The van der Waals surface area contributed by atoms with Gasteiger partial charge in [0.05, 0.1) is 19.9 Å². The molecular formula is C32H37F4N5O6S. The Morgan fingerprint density at radius 2 is 1.60 bits per heavy atom. The number of methoxy groups -OCH3 is 2. The van der Waals surface area contributed by atoms with Gasteiger partial charge in [-0.3, -0.25) is 14.9 Å². The summed E-state index contributed by atoms with van der Waals surface area (Å²) in [5.41, 5.74) is 1.52. The van der Waals surface area contributed by atoms with Crippen LogP contribution in [0.2, 0.25) is 0 Å². The van der Waals surface area contributed by atoms with Crippen molar-refractivity contribution < 1.29 is 45.9 Å². The monoisotopic (exact) mass is 695 g/mol. The fourth-order valence-electron chi connectivity index (χ4n) is 4.39. The average Bonchev–Trinajstić information content (AvgIpc) is 3.75. The van der Waals surface area contributed by atoms with Gasteiger partial charge in [-0.2, -0.15) is 13.2 Å². The lowest BCUT2D eigenvalue weighted by molar-refractivity contribution is -0.138. The number of ether oxygens (including phenoxy) is 3. The lowest BCUT2D eigenvalue weighted by Gasteiger charge is -2.26. The molecule has 0 atom stereocenters. The van der Waals surface area contributed by atoms with Gasteiger partial charge in [-0.15, -0.1) is 5.10 Å². The molecular weight excluding hydrogens is 658 g/mol. The minimum absolute atomic E-state index is 0.0748. The normalized spacial score (nSPS) is 11.4. The van der Waals surface area contributed by atoms with E-state index in [4.69, 9.17) is 18.7 Å². The zero-order chi connectivity index (χ0) is 35.6. The van der Waals surface area contributed by atoms with E-state index in [9.17, 15) is 27.2 Å². The number of halogens is 4. The van der Waals surface area contributed by atoms with Crippen LogP contribution in [0.15, 0.2) is 53.1 Å². The fourth-order valence-corrected chi connectivity index (χ4v) is 4.95. The molecule has 0 aliphatic carbocycles. The number of nitrogens with one attached hydrogen (secondary N) is 1. The van der Waals surface area contributed by atoms with Crippen LogP contribution in [-0.2, 0) is 16.4 Å². The topological polar surface area (TPSA) is 129 Å². The van der Waals surface area contributed by atoms with Crippen molar-refractivity contribution in [2.45, 2.75) is 65.1 Å². The van der Waals surface area contributed by atoms with Gasteiger partial charge >= 0.3 is 6.18 Å². The zero-order valence-electron chi connectivity index (χ0n) is 27.5. The van der Waals surface area contributed by atoms with Crippen LogP contribution in [0.1, 0.15) is 68.5 Å². The maximum absolute atomic E-state index is 13.0. The van der Waals surface area contributed by atoms with Crippen molar-refractivity contribution >= 4 is 34.7 Å². The minimum Gasteiger partial charge on any atom is -0.496 e. The Balaban J connectivity index is 0.000000260. The molecule has 1 N–H and O–H groups in total. The van der Waals surface area contributed by atoms with E-state index >= 15 is 0 Å². The maximum atomic E-state index is 13.0. The number of amides is 2. The molecule has 2 amide bonds. The van der Waals surface area contributed by atoms with Crippen LogP contribution in [0, 0.1) is 5.82 Å². The van der Waals surface area contributed by atoms with E-state index < -0.39 is 29.5 Å². The number of rotatable bonds is 12. The highest BCUT2D eigenvalue weighted by molar-refractivity contribution is 7.13. The molecule has 0 radical (unpaired) electrons. The Labute approximate surface area is 279 Å². The summed E-state index contributed by atoms with van der Waals surface area (Å²) in [5, 5.41) is 11.5. The standard InChI is InChI=1S/C18H24N2O4.C14H13F4N3O2S/c1-6-18(3,7-2)14-11-15(24-20-14)19-17(21)16-12(22-4)9-8-10-13(16)23-5;1-8(2)21(10-5-3-9(15)4-6-10)11(22)7-23-13-20-19-12(24-13)14(16,17)18/h8-11H,6-7H2,1-5H3,(H,19,21);3-6,8H,7H2,1-2H3. The highest BCUT2D eigenvalue weighted by Gasteiger charge is 2.36. The molecule has 11 nitrogen and oxygen atoms in total. The number of hydrogen-bond acceptors (Lipinski definition) is 10. The van der Waals surface area contributed by atoms with Gasteiger partial charge in [0.1, 0.15) is 22.9 Å². The van der Waals surface area contributed by atoms with Gasteiger partial charge in [-0.05, 0) is 63.1 Å². The van der Waals surface area contributed by atoms with Gasteiger partial charge in [0.2, 0.25) is 10.9 Å². The quantitative estimate of drug-likeness (QED) is 0.150. The van der Waals surface area contributed by atoms with Crippen LogP contribution in [-0.4, -0.2) is 54.0 Å². The number of alkyl halides is 3. The van der Waals surface area contributed by atoms with Crippen molar-refractivity contribution in [3.63, 3.8) is 0 Å². The molecule has 4 rings (SSSR count). The van der Waals surface area contributed by atoms with E-state index in [-0.39, 0.29) is 33.9 Å². The van der Waals surface area contributed by atoms with Crippen molar-refractivity contribution in [1.82, 2.24) is 15.4 Å². The molecule has 0 fully saturated rings. The Kier molecular flexibility index (Phi) is 12.9. The minimum atomic E-state index is -4.61. The molecule has 2 aromatic carbocycles. The SMILES string of the molecule is CC(C)N(C(=O)COc1nnc(C(F)(F)F)s1)c1ccc(F)cc1.CCC(C)(CC)c1cc(NC(=O)c2c(OC)cccc2OC)on1. The van der Waals surface area contributed by atoms with E-state index in [0.29, 0.717) is 28.6 Å². The number of carbonyl (C=O) groups excluding carboxylic acids is 2. The summed E-state index contributed by atoms with van der Waals surface area (Å²) in [5.74, 6) is -0.157. The third-order valence-electron chi connectivity index (χ3n) is 7.44. The number of anilines is 2. The van der Waals surface area contributed by atoms with Crippen molar-refractivity contribution in [1.29, 1.82) is 0 Å². The van der Waals surface area contributed by atoms with E-state index in [1.54, 1.807) is 38.1 Å². The van der Waals surface area contributed by atoms with Gasteiger partial charge in [-0.25, -0.2) is 4.39 Å². The highest BCUT2D eigenvalue weighted by atomic mass is 32.1. The molecule has 0 saturated heterocycles. The highest BCUT2D eigenvalue weighted by Crippen LogP contribution is 2.35. The largest absolute Gasteiger partial charge is 0.496 e. The number of benzene rings is 2. The van der Waals surface area contributed by atoms with E-state index in [1.165, 1.54) is 43.4 Å². The lowest BCUT2D eigenvalue weighted by Crippen LogP contribution is -2.40. The Morgan fingerprint density at radius 3 is 2.10 bits per heavy atom. The summed E-state index contributed by atoms with van der Waals surface area (Å²) in [6.45, 7) is 9.32. The number of nitrogens with zero attached hydrogens (tertiary/aromatic N) is 4. The van der Waals surface area contributed by atoms with Crippen molar-refractivity contribution in [2.75, 3.05) is 31.0 Å². The molecule has 0 bridgehead atoms. The summed E-state index contributed by atoms with van der Waals surface area (Å²) in [6, 6.07) is 12.0. The Morgan fingerprint density at radius 1 is 1.00 bits per heavy atom. The predicted molar refractivity (Wildman–Crippen MR) is 171 cm³/mol. The molecule has 0 saturated carbocycles. The van der Waals surface area contributed by atoms with Crippen molar-refractivity contribution in [3.05, 3.63) is 70.6 Å². The summed E-state index contributed by atoms with van der Waals surface area (Å²) < 4.78 is 71.1. The molecule has 0 unspecified atom stereocenters. The first-order chi connectivity index (χ1) is 22.7. The summed E-state index contributed by atoms with van der Waals surface area (Å²) in [6.07, 6.45) is -2.74. The van der Waals surface area contributed by atoms with E-state index in [1.807, 2.05) is 0 Å². The lowest BCUT2D eigenvalue weighted by atomic mass is 9.81. The molecule has 0 spiro atoms. The molecule has 0 aliphatic heterocycles. The molecule has 2 aromatic heterocycles. The molecule has 4 aromatic rings. The van der Waals surface area contributed by atoms with Crippen LogP contribution in [0.25, 0.3) is 0 Å². The second-order valence-corrected chi connectivity index (χ2v) is 11.8. The predicted octanol–water partition coefficient (Wildman–Crippen LogP) is 7.54. The second kappa shape index (κ2) is 16.4. The van der Waals surface area contributed by atoms with E-state index in [0.717, 1.165) is 18.5 Å². The third kappa shape index (κ3) is 9.42. The Hall–Kier alpha value is -4.73. The van der Waals surface area contributed by atoms with E-state index in [2.05, 4.69) is 41.4 Å². The van der Waals surface area contributed by atoms with Gasteiger partial charge in [0.15, 0.2) is 6.61 Å². The molecule has 0 aliphatic rings. The van der Waals surface area contributed by atoms with Crippen LogP contribution in [0.4, 0.5) is 29.1 Å². The third-order valence-corrected chi connectivity index (χ3v) is 8.32. The second-order valence-electron chi connectivity index (χ2n) is 10.8. The summed E-state index contributed by atoms with van der Waals surface area (Å²) in [4.78, 5) is 26.3. The summed E-state index contributed by atoms with van der Waals surface area (Å²) >= 11 is 0.210. The first kappa shape index (κ1) is 37.7. The fraction of sp³-hybridized carbons (Fsp3) is 0.406. The summed E-state index contributed by atoms with van der Waals surface area (Å²) in [7, 11) is 3.01. The van der Waals surface area contributed by atoms with Gasteiger partial charge in [0, 0.05) is 23.2 Å². The first-order valence-electron chi connectivity index (χ1n) is 14.8. The Bertz CT molecular complexity index is 1630. The zero-order valence-corrected chi connectivity index (χ0v) is 28.3. The molecule has 48 heavy (non-hydrogen) atoms. The number of carbonyl (C=O) groups is 2.